The van der Waals surface area contributed by atoms with Gasteiger partial charge in [0.1, 0.15) is 11.4 Å². The molecule has 0 bridgehead atoms. The van der Waals surface area contributed by atoms with Gasteiger partial charge in [0.25, 0.3) is 5.91 Å². The second-order valence-electron chi connectivity index (χ2n) is 8.32. The van der Waals surface area contributed by atoms with Crippen LogP contribution in [0.25, 0.3) is 17.0 Å². The molecule has 1 saturated heterocycles. The summed E-state index contributed by atoms with van der Waals surface area (Å²) in [5, 5.41) is 9.80. The van der Waals surface area contributed by atoms with Gasteiger partial charge in [0, 0.05) is 42.3 Å². The van der Waals surface area contributed by atoms with Crippen LogP contribution in [-0.4, -0.2) is 45.5 Å². The highest BCUT2D eigenvalue weighted by Gasteiger charge is 2.51. The number of rotatable bonds is 4. The average Bonchev–Trinajstić information content (AvgIpc) is 3.19. The monoisotopic (exact) mass is 417 g/mol. The summed E-state index contributed by atoms with van der Waals surface area (Å²) in [6.45, 7) is 3.57. The number of benzene rings is 2. The van der Waals surface area contributed by atoms with Gasteiger partial charge in [-0.25, -0.2) is 5.48 Å². The zero-order valence-electron chi connectivity index (χ0n) is 17.1. The maximum Gasteiger partial charge on any atom is 0.267 e. The molecule has 158 valence electrons. The second kappa shape index (κ2) is 7.37. The molecule has 2 aliphatic heterocycles. The Bertz CT molecular complexity index is 1210. The molecule has 1 spiro atoms. The third-order valence-electron chi connectivity index (χ3n) is 6.25. The fourth-order valence-electron chi connectivity index (χ4n) is 4.60. The van der Waals surface area contributed by atoms with E-state index in [4.69, 9.17) is 9.94 Å². The van der Waals surface area contributed by atoms with Crippen molar-refractivity contribution >= 4 is 28.7 Å². The van der Waals surface area contributed by atoms with Crippen molar-refractivity contribution in [2.75, 3.05) is 13.1 Å². The van der Waals surface area contributed by atoms with Crippen molar-refractivity contribution < 1.29 is 19.5 Å². The zero-order valence-corrected chi connectivity index (χ0v) is 17.1. The first-order chi connectivity index (χ1) is 15.0. The first-order valence-corrected chi connectivity index (χ1v) is 10.3. The number of hydrogen-bond acceptors (Lipinski definition) is 5. The van der Waals surface area contributed by atoms with E-state index in [1.54, 1.807) is 23.7 Å². The Labute approximate surface area is 179 Å². The molecule has 2 aromatic carbocycles. The quantitative estimate of drug-likeness (QED) is 0.343. The van der Waals surface area contributed by atoms with Crippen molar-refractivity contribution in [3.8, 4) is 5.75 Å². The van der Waals surface area contributed by atoms with E-state index < -0.39 is 11.5 Å². The average molecular weight is 417 g/mol. The van der Waals surface area contributed by atoms with Crippen LogP contribution in [0.5, 0.6) is 5.75 Å². The van der Waals surface area contributed by atoms with Crippen LogP contribution in [0.3, 0.4) is 0 Å². The number of carbonyl (C=O) groups excluding carboxylic acids is 2. The van der Waals surface area contributed by atoms with E-state index in [1.807, 2.05) is 12.1 Å². The Morgan fingerprint density at radius 1 is 1.29 bits per heavy atom. The molecule has 1 aromatic heterocycles. The molecule has 1 atom stereocenters. The van der Waals surface area contributed by atoms with Gasteiger partial charge in [-0.1, -0.05) is 24.3 Å². The lowest BCUT2D eigenvalue weighted by atomic mass is 9.82. The highest BCUT2D eigenvalue weighted by atomic mass is 16.5. The van der Waals surface area contributed by atoms with Crippen LogP contribution in [0.2, 0.25) is 0 Å². The summed E-state index contributed by atoms with van der Waals surface area (Å²) in [6.07, 6.45) is 5.14. The van der Waals surface area contributed by atoms with Crippen LogP contribution in [-0.2, 0) is 4.79 Å². The standard InChI is InChI=1S/C24H23N3O4/c1-15(19-12-25-20-5-3-2-4-17(19)20)27-13-24(14-27)11-21(28)18-10-16(6-8-22(18)31-24)7-9-23(29)26-30/h2-10,12,15,25,30H,11,13-14H2,1H3,(H,26,29). The van der Waals surface area contributed by atoms with Crippen LogP contribution < -0.4 is 10.2 Å². The van der Waals surface area contributed by atoms with Crippen LogP contribution in [0.15, 0.2) is 54.7 Å². The number of aromatic nitrogens is 1. The molecule has 5 rings (SSSR count). The molecule has 31 heavy (non-hydrogen) atoms. The smallest absolute Gasteiger partial charge is 0.267 e. The molecule has 0 saturated carbocycles. The van der Waals surface area contributed by atoms with Crippen LogP contribution in [0.4, 0.5) is 0 Å². The first kappa shape index (κ1) is 19.5. The van der Waals surface area contributed by atoms with Crippen LogP contribution >= 0.6 is 0 Å². The molecule has 1 fully saturated rings. The molecule has 2 aliphatic rings. The fraction of sp³-hybridized carbons (Fsp3) is 0.250. The summed E-state index contributed by atoms with van der Waals surface area (Å²) >= 11 is 0. The summed E-state index contributed by atoms with van der Waals surface area (Å²) < 4.78 is 6.30. The van der Waals surface area contributed by atoms with E-state index in [0.29, 0.717) is 36.4 Å². The van der Waals surface area contributed by atoms with Crippen LogP contribution in [0.1, 0.15) is 40.9 Å². The first-order valence-electron chi connectivity index (χ1n) is 10.3. The lowest BCUT2D eigenvalue weighted by molar-refractivity contribution is -0.124. The van der Waals surface area contributed by atoms with Crippen molar-refractivity contribution in [1.29, 1.82) is 0 Å². The predicted molar refractivity (Wildman–Crippen MR) is 116 cm³/mol. The van der Waals surface area contributed by atoms with E-state index >= 15 is 0 Å². The summed E-state index contributed by atoms with van der Waals surface area (Å²) in [5.41, 5.74) is 4.65. The SMILES string of the molecule is CC(c1c[nH]c2ccccc12)N1CC2(CC(=O)c3cc(C=CC(=O)NO)ccc3O2)C1. The number of amides is 1. The van der Waals surface area contributed by atoms with Gasteiger partial charge >= 0.3 is 0 Å². The van der Waals surface area contributed by atoms with E-state index in [9.17, 15) is 9.59 Å². The molecule has 1 amide bonds. The molecule has 3 N–H and O–H groups in total. The maximum absolute atomic E-state index is 12.9. The second-order valence-corrected chi connectivity index (χ2v) is 8.32. The molecule has 7 nitrogen and oxygen atoms in total. The minimum Gasteiger partial charge on any atom is -0.483 e. The van der Waals surface area contributed by atoms with Crippen molar-refractivity contribution in [3.63, 3.8) is 0 Å². The largest absolute Gasteiger partial charge is 0.483 e. The zero-order chi connectivity index (χ0) is 21.6. The number of likely N-dealkylation sites (tertiary alicyclic amines) is 1. The lowest BCUT2D eigenvalue weighted by Gasteiger charge is -2.53. The summed E-state index contributed by atoms with van der Waals surface area (Å²) in [7, 11) is 0. The van der Waals surface area contributed by atoms with Gasteiger partial charge in [-0.2, -0.15) is 0 Å². The number of carbonyl (C=O) groups is 2. The summed E-state index contributed by atoms with van der Waals surface area (Å²) in [4.78, 5) is 29.7. The van der Waals surface area contributed by atoms with Gasteiger partial charge in [0.05, 0.1) is 12.0 Å². The molecule has 3 aromatic rings. The summed E-state index contributed by atoms with van der Waals surface area (Å²) in [5.74, 6) is 0.0000410. The van der Waals surface area contributed by atoms with Gasteiger partial charge in [0.2, 0.25) is 0 Å². The Hall–Kier alpha value is -3.42. The number of Topliss-reactive ketones (excluding diaryl/α,β-unsaturated/α-hetero) is 1. The number of para-hydroxylation sites is 1. The molecule has 3 heterocycles. The third-order valence-corrected chi connectivity index (χ3v) is 6.25. The minimum atomic E-state index is -0.627. The van der Waals surface area contributed by atoms with Crippen molar-refractivity contribution in [1.82, 2.24) is 15.4 Å². The number of nitrogens with zero attached hydrogens (tertiary/aromatic N) is 1. The van der Waals surface area contributed by atoms with E-state index in [-0.39, 0.29) is 11.8 Å². The maximum atomic E-state index is 12.9. The van der Waals surface area contributed by atoms with E-state index in [1.165, 1.54) is 23.1 Å². The summed E-state index contributed by atoms with van der Waals surface area (Å²) in [6, 6.07) is 13.8. The van der Waals surface area contributed by atoms with E-state index in [0.717, 1.165) is 5.52 Å². The van der Waals surface area contributed by atoms with Gasteiger partial charge in [-0.15, -0.1) is 0 Å². The number of hydroxylamine groups is 1. The topological polar surface area (TPSA) is 94.7 Å². The molecule has 0 aliphatic carbocycles. The fourth-order valence-corrected chi connectivity index (χ4v) is 4.60. The number of H-pyrrole nitrogens is 1. The number of ether oxygens (including phenoxy) is 1. The Morgan fingerprint density at radius 2 is 2.10 bits per heavy atom. The van der Waals surface area contributed by atoms with Gasteiger partial charge in [-0.05, 0) is 42.3 Å². The van der Waals surface area contributed by atoms with Crippen molar-refractivity contribution in [2.24, 2.45) is 0 Å². The lowest BCUT2D eigenvalue weighted by Crippen LogP contribution is -2.67. The number of ketones is 1. The van der Waals surface area contributed by atoms with Gasteiger partial charge < -0.3 is 9.72 Å². The molecule has 1 unspecified atom stereocenters. The highest BCUT2D eigenvalue weighted by Crippen LogP contribution is 2.42. The van der Waals surface area contributed by atoms with E-state index in [2.05, 4.69) is 35.1 Å². The molecular formula is C24H23N3O4. The van der Waals surface area contributed by atoms with Crippen LogP contribution in [0, 0.1) is 0 Å². The molecule has 0 radical (unpaired) electrons. The van der Waals surface area contributed by atoms with Crippen molar-refractivity contribution in [2.45, 2.75) is 25.0 Å². The number of hydrogen-bond donors (Lipinski definition) is 3. The highest BCUT2D eigenvalue weighted by molar-refractivity contribution is 6.01. The number of aromatic amines is 1. The Morgan fingerprint density at radius 3 is 2.90 bits per heavy atom. The van der Waals surface area contributed by atoms with Gasteiger partial charge in [-0.3, -0.25) is 19.7 Å². The predicted octanol–water partition coefficient (Wildman–Crippen LogP) is 3.47. The normalized spacial score (nSPS) is 18.6. The third kappa shape index (κ3) is 3.41. The minimum absolute atomic E-state index is 0.0440. The Balaban J connectivity index is 1.31. The number of fused-ring (bicyclic) bond motifs is 2. The Kier molecular flexibility index (Phi) is 4.64. The molecule has 7 heteroatoms. The van der Waals surface area contributed by atoms with Crippen molar-refractivity contribution in [3.05, 3.63) is 71.4 Å². The molecular weight excluding hydrogens is 394 g/mol. The number of nitrogens with one attached hydrogen (secondary N) is 2. The van der Waals surface area contributed by atoms with Gasteiger partial charge in [0.15, 0.2) is 5.78 Å².